The van der Waals surface area contributed by atoms with Gasteiger partial charge in [0.1, 0.15) is 6.04 Å². The van der Waals surface area contributed by atoms with Gasteiger partial charge in [-0.15, -0.1) is 0 Å². The highest BCUT2D eigenvalue weighted by Gasteiger charge is 2.61. The molecule has 0 spiro atoms. The fourth-order valence-corrected chi connectivity index (χ4v) is 10.7. The summed E-state index contributed by atoms with van der Waals surface area (Å²) in [4.78, 5) is 42.6. The van der Waals surface area contributed by atoms with Crippen LogP contribution in [0.5, 0.6) is 0 Å². The van der Waals surface area contributed by atoms with Crippen molar-refractivity contribution >= 4 is 17.7 Å². The summed E-state index contributed by atoms with van der Waals surface area (Å²) in [6.45, 7) is 9.07. The van der Waals surface area contributed by atoms with Crippen molar-refractivity contribution in [2.45, 2.75) is 109 Å². The molecule has 5 aliphatic rings. The van der Waals surface area contributed by atoms with E-state index in [9.17, 15) is 24.6 Å². The summed E-state index contributed by atoms with van der Waals surface area (Å²) in [7, 11) is 0. The number of nitrogens with one attached hydrogen (secondary N) is 2. The van der Waals surface area contributed by atoms with Crippen LogP contribution in [0, 0.1) is 34.5 Å². The predicted octanol–water partition coefficient (Wildman–Crippen LogP) is 3.13. The first-order chi connectivity index (χ1) is 22.0. The van der Waals surface area contributed by atoms with Gasteiger partial charge in [-0.2, -0.15) is 0 Å². The lowest BCUT2D eigenvalue weighted by Gasteiger charge is -2.62. The molecule has 9 heteroatoms. The van der Waals surface area contributed by atoms with E-state index in [4.69, 9.17) is 0 Å². The van der Waals surface area contributed by atoms with E-state index in [0.29, 0.717) is 56.3 Å². The van der Waals surface area contributed by atoms with E-state index < -0.39 is 6.04 Å². The second kappa shape index (κ2) is 13.6. The maximum Gasteiger partial charge on any atom is 0.243 e. The number of fused-ring (bicyclic) bond motifs is 5. The molecule has 3 amide bonds. The Labute approximate surface area is 274 Å². The van der Waals surface area contributed by atoms with Gasteiger partial charge in [-0.3, -0.25) is 19.3 Å². The molecule has 0 radical (unpaired) electrons. The lowest BCUT2D eigenvalue weighted by Crippen LogP contribution is -2.62. The highest BCUT2D eigenvalue weighted by Crippen LogP contribution is 2.66. The Kier molecular flexibility index (Phi) is 9.85. The summed E-state index contributed by atoms with van der Waals surface area (Å²) < 4.78 is 0. The van der Waals surface area contributed by atoms with Crippen LogP contribution in [0.25, 0.3) is 0 Å². The van der Waals surface area contributed by atoms with E-state index in [1.165, 1.54) is 19.3 Å². The van der Waals surface area contributed by atoms with Crippen molar-refractivity contribution in [2.24, 2.45) is 34.5 Å². The summed E-state index contributed by atoms with van der Waals surface area (Å²) in [5, 5.41) is 27.9. The number of aliphatic hydroxyl groups is 2. The summed E-state index contributed by atoms with van der Waals surface area (Å²) in [5.41, 5.74) is 1.21. The normalized spacial score (nSPS) is 38.2. The Morgan fingerprint density at radius 3 is 2.37 bits per heavy atom. The summed E-state index contributed by atoms with van der Waals surface area (Å²) in [5.74, 6) is 1.83. The maximum absolute atomic E-state index is 13.2. The lowest BCUT2D eigenvalue weighted by molar-refractivity contribution is -0.156. The zero-order valence-electron chi connectivity index (χ0n) is 28.1. The smallest absolute Gasteiger partial charge is 0.243 e. The van der Waals surface area contributed by atoms with Gasteiger partial charge in [-0.05, 0) is 91.4 Å². The molecule has 10 atom stereocenters. The Balaban J connectivity index is 1.03. The average molecular weight is 637 g/mol. The molecular formula is C37H56N4O5. The summed E-state index contributed by atoms with van der Waals surface area (Å²) >= 11 is 0. The number of carbonyl (C=O) groups is 3. The minimum atomic E-state index is -0.742. The first-order valence-electron chi connectivity index (χ1n) is 18.0. The molecule has 1 heterocycles. The molecule has 0 bridgehead atoms. The SMILES string of the molecule is CCC(=O)N[C@@H](Cc1ccccc1)C(=O)NCC(=O)N1CCN([C@H]2C[C@@]3(C)[C@@H](CC[C@@H]4[C@@H]3CC[C@]3(C)[C@@H](O)CC[C@@H]43)C[C@@H]2O)CC1. The number of amides is 3. The van der Waals surface area contributed by atoms with E-state index in [1.54, 1.807) is 6.92 Å². The van der Waals surface area contributed by atoms with Crippen molar-refractivity contribution in [3.05, 3.63) is 35.9 Å². The molecule has 0 aromatic heterocycles. The zero-order chi connectivity index (χ0) is 32.6. The third-order valence-electron chi connectivity index (χ3n) is 13.4. The molecule has 0 unspecified atom stereocenters. The minimum Gasteiger partial charge on any atom is -0.393 e. The maximum atomic E-state index is 13.2. The Morgan fingerprint density at radius 2 is 1.65 bits per heavy atom. The van der Waals surface area contributed by atoms with Gasteiger partial charge in [-0.1, -0.05) is 51.1 Å². The summed E-state index contributed by atoms with van der Waals surface area (Å²) in [6, 6.07) is 8.91. The van der Waals surface area contributed by atoms with Crippen molar-refractivity contribution in [3.63, 3.8) is 0 Å². The molecule has 6 rings (SSSR count). The number of benzene rings is 1. The van der Waals surface area contributed by atoms with E-state index in [2.05, 4.69) is 29.4 Å². The monoisotopic (exact) mass is 636 g/mol. The van der Waals surface area contributed by atoms with Crippen molar-refractivity contribution in [1.82, 2.24) is 20.4 Å². The van der Waals surface area contributed by atoms with Crippen molar-refractivity contribution in [1.29, 1.82) is 0 Å². The van der Waals surface area contributed by atoms with E-state index in [0.717, 1.165) is 37.7 Å². The van der Waals surface area contributed by atoms with Crippen LogP contribution >= 0.6 is 0 Å². The van der Waals surface area contributed by atoms with Crippen LogP contribution in [-0.4, -0.2) is 94.7 Å². The lowest BCUT2D eigenvalue weighted by atomic mass is 9.44. The largest absolute Gasteiger partial charge is 0.393 e. The number of rotatable bonds is 8. The van der Waals surface area contributed by atoms with Gasteiger partial charge in [0.15, 0.2) is 0 Å². The van der Waals surface area contributed by atoms with Crippen LogP contribution in [0.15, 0.2) is 30.3 Å². The van der Waals surface area contributed by atoms with E-state index in [1.807, 2.05) is 35.2 Å². The number of carbonyl (C=O) groups excluding carboxylic acids is 3. The van der Waals surface area contributed by atoms with Gasteiger partial charge in [0.2, 0.25) is 17.7 Å². The molecular weight excluding hydrogens is 580 g/mol. The third kappa shape index (κ3) is 6.36. The van der Waals surface area contributed by atoms with Gasteiger partial charge in [-0.25, -0.2) is 0 Å². The van der Waals surface area contributed by atoms with Crippen molar-refractivity contribution in [2.75, 3.05) is 32.7 Å². The molecule has 4 aliphatic carbocycles. The van der Waals surface area contributed by atoms with Gasteiger partial charge in [0.25, 0.3) is 0 Å². The molecule has 254 valence electrons. The van der Waals surface area contributed by atoms with Gasteiger partial charge in [0, 0.05) is 45.1 Å². The van der Waals surface area contributed by atoms with Crippen LogP contribution < -0.4 is 10.6 Å². The summed E-state index contributed by atoms with van der Waals surface area (Å²) in [6.07, 6.45) is 8.83. The molecule has 1 aromatic rings. The number of hydrogen-bond donors (Lipinski definition) is 4. The van der Waals surface area contributed by atoms with Crippen LogP contribution in [-0.2, 0) is 20.8 Å². The molecule has 1 aliphatic heterocycles. The number of aliphatic hydroxyl groups excluding tert-OH is 2. The molecule has 4 saturated carbocycles. The third-order valence-corrected chi connectivity index (χ3v) is 13.4. The molecule has 4 N–H and O–H groups in total. The quantitative estimate of drug-likeness (QED) is 0.348. The number of nitrogens with zero attached hydrogens (tertiary/aromatic N) is 2. The molecule has 46 heavy (non-hydrogen) atoms. The Morgan fingerprint density at radius 1 is 0.935 bits per heavy atom. The van der Waals surface area contributed by atoms with Gasteiger partial charge >= 0.3 is 0 Å². The minimum absolute atomic E-state index is 0.0759. The molecule has 5 fully saturated rings. The highest BCUT2D eigenvalue weighted by molar-refractivity contribution is 5.90. The van der Waals surface area contributed by atoms with Crippen LogP contribution in [0.2, 0.25) is 0 Å². The van der Waals surface area contributed by atoms with E-state index >= 15 is 0 Å². The zero-order valence-corrected chi connectivity index (χ0v) is 28.1. The van der Waals surface area contributed by atoms with Crippen LogP contribution in [0.4, 0.5) is 0 Å². The van der Waals surface area contributed by atoms with Gasteiger partial charge < -0.3 is 25.7 Å². The standard InChI is InChI=1S/C37H56N4O5/c1-4-33(44)39-29(20-24-8-6-5-7-9-24)35(46)38-23-34(45)41-18-16-40(17-19-41)30-22-37(3)25(21-31(30)42)10-11-26-27-12-13-32(43)36(27,2)15-14-28(26)37/h5-9,25-32,42-43H,4,10-23H2,1-3H3,(H,38,46)(H,39,44)/t25-,26-,27-,28-,29-,30-,31-,32-,36-,37-/m0/s1. The topological polar surface area (TPSA) is 122 Å². The highest BCUT2D eigenvalue weighted by atomic mass is 16.3. The second-order valence-corrected chi connectivity index (χ2v) is 15.7. The predicted molar refractivity (Wildman–Crippen MR) is 176 cm³/mol. The van der Waals surface area contributed by atoms with Crippen LogP contribution in [0.3, 0.4) is 0 Å². The fourth-order valence-electron chi connectivity index (χ4n) is 10.7. The van der Waals surface area contributed by atoms with Gasteiger partial charge in [0.05, 0.1) is 18.8 Å². The molecule has 1 aromatic carbocycles. The Hall–Kier alpha value is -2.49. The fraction of sp³-hybridized carbons (Fsp3) is 0.757. The first-order valence-corrected chi connectivity index (χ1v) is 18.0. The first kappa shape index (κ1) is 33.4. The Bertz CT molecular complexity index is 1250. The second-order valence-electron chi connectivity index (χ2n) is 15.7. The molecule has 1 saturated heterocycles. The van der Waals surface area contributed by atoms with E-state index in [-0.39, 0.29) is 59.8 Å². The van der Waals surface area contributed by atoms with Crippen molar-refractivity contribution in [3.8, 4) is 0 Å². The molecule has 9 nitrogen and oxygen atoms in total. The van der Waals surface area contributed by atoms with Crippen LogP contribution in [0.1, 0.15) is 84.1 Å². The van der Waals surface area contributed by atoms with Crippen molar-refractivity contribution < 1.29 is 24.6 Å². The number of hydrogen-bond acceptors (Lipinski definition) is 6. The average Bonchev–Trinajstić information content (AvgIpc) is 3.37. The number of piperazine rings is 1.